The van der Waals surface area contributed by atoms with Gasteiger partial charge in [0.1, 0.15) is 0 Å². The summed E-state index contributed by atoms with van der Waals surface area (Å²) < 4.78 is 0. The summed E-state index contributed by atoms with van der Waals surface area (Å²) in [5.41, 5.74) is 7.83. The predicted octanol–water partition coefficient (Wildman–Crippen LogP) is 6.46. The maximum atomic E-state index is 5.88. The number of benzene rings is 2. The summed E-state index contributed by atoms with van der Waals surface area (Å²) in [6.07, 6.45) is 4.68. The van der Waals surface area contributed by atoms with Gasteiger partial charge in [0.15, 0.2) is 5.11 Å². The molecule has 0 radical (unpaired) electrons. The lowest BCUT2D eigenvalue weighted by Crippen LogP contribution is -2.40. The van der Waals surface area contributed by atoms with Gasteiger partial charge in [0, 0.05) is 37.1 Å². The van der Waals surface area contributed by atoms with Gasteiger partial charge >= 0.3 is 0 Å². The van der Waals surface area contributed by atoms with Crippen LogP contribution in [0.3, 0.4) is 0 Å². The number of nitrogens with one attached hydrogen (secondary N) is 1. The van der Waals surface area contributed by atoms with Gasteiger partial charge in [-0.15, -0.1) is 0 Å². The van der Waals surface area contributed by atoms with Crippen molar-refractivity contribution < 1.29 is 0 Å². The molecule has 0 aromatic heterocycles. The smallest absolute Gasteiger partial charge is 0.173 e. The van der Waals surface area contributed by atoms with Gasteiger partial charge in [0.25, 0.3) is 0 Å². The molecule has 1 N–H and O–H groups in total. The Hall–Kier alpha value is -2.07. The first kappa shape index (κ1) is 22.6. The third kappa shape index (κ3) is 5.34. The van der Waals surface area contributed by atoms with E-state index in [-0.39, 0.29) is 0 Å². The lowest BCUT2D eigenvalue weighted by Gasteiger charge is -2.34. The quantitative estimate of drug-likeness (QED) is 0.515. The molecule has 2 aromatic rings. The lowest BCUT2D eigenvalue weighted by atomic mass is 9.98. The monoisotopic (exact) mass is 423 g/mol. The van der Waals surface area contributed by atoms with Crippen LogP contribution in [0.1, 0.15) is 62.3 Å². The first-order valence-corrected chi connectivity index (χ1v) is 11.8. The SMILES string of the molecule is CCCN1CCCc2cc(CN(C(=S)Nc3cc(C)ccc3C)C(C)CC)ccc21. The van der Waals surface area contributed by atoms with E-state index < -0.39 is 0 Å². The fourth-order valence-electron chi connectivity index (χ4n) is 4.23. The molecule has 0 amide bonds. The highest BCUT2D eigenvalue weighted by molar-refractivity contribution is 7.80. The molecule has 30 heavy (non-hydrogen) atoms. The molecule has 1 heterocycles. The summed E-state index contributed by atoms with van der Waals surface area (Å²) in [6, 6.07) is 13.9. The molecule has 0 spiro atoms. The fraction of sp³-hybridized carbons (Fsp3) is 0.500. The van der Waals surface area contributed by atoms with E-state index in [9.17, 15) is 0 Å². The number of fused-ring (bicyclic) bond motifs is 1. The van der Waals surface area contributed by atoms with Gasteiger partial charge in [0.2, 0.25) is 0 Å². The standard InChI is InChI=1S/C26H37N3S/c1-6-14-28-15-8-9-23-17-22(12-13-25(23)28)18-29(21(5)7-2)26(30)27-24-16-19(3)10-11-20(24)4/h10-13,16-17,21H,6-9,14-15,18H2,1-5H3,(H,27,30). The number of hydrogen-bond acceptors (Lipinski definition) is 2. The van der Waals surface area contributed by atoms with Gasteiger partial charge in [-0.2, -0.15) is 0 Å². The fourth-order valence-corrected chi connectivity index (χ4v) is 4.59. The van der Waals surface area contributed by atoms with Gasteiger partial charge < -0.3 is 15.1 Å². The van der Waals surface area contributed by atoms with Crippen molar-refractivity contribution in [2.24, 2.45) is 0 Å². The second-order valence-corrected chi connectivity index (χ2v) is 9.07. The number of rotatable bonds is 7. The van der Waals surface area contributed by atoms with Crippen molar-refractivity contribution >= 4 is 28.7 Å². The summed E-state index contributed by atoms with van der Waals surface area (Å²) in [5.74, 6) is 0. The van der Waals surface area contributed by atoms with Crippen LogP contribution in [0.15, 0.2) is 36.4 Å². The van der Waals surface area contributed by atoms with Crippen LogP contribution >= 0.6 is 12.2 Å². The molecule has 3 nitrogen and oxygen atoms in total. The topological polar surface area (TPSA) is 18.5 Å². The Labute approximate surface area is 188 Å². The molecule has 0 saturated heterocycles. The molecule has 0 fully saturated rings. The highest BCUT2D eigenvalue weighted by atomic mass is 32.1. The molecular formula is C26H37N3S. The Morgan fingerprint density at radius 2 is 1.97 bits per heavy atom. The van der Waals surface area contributed by atoms with E-state index in [4.69, 9.17) is 12.2 Å². The average Bonchev–Trinajstić information content (AvgIpc) is 2.74. The van der Waals surface area contributed by atoms with Crippen molar-refractivity contribution in [2.75, 3.05) is 23.3 Å². The minimum Gasteiger partial charge on any atom is -0.371 e. The largest absolute Gasteiger partial charge is 0.371 e. The number of anilines is 2. The molecule has 1 unspecified atom stereocenters. The van der Waals surface area contributed by atoms with Crippen molar-refractivity contribution in [3.8, 4) is 0 Å². The Kier molecular flexibility index (Phi) is 7.76. The summed E-state index contributed by atoms with van der Waals surface area (Å²) in [5, 5.41) is 4.33. The normalized spacial score (nSPS) is 14.2. The molecular weight excluding hydrogens is 386 g/mol. The highest BCUT2D eigenvalue weighted by Gasteiger charge is 2.20. The van der Waals surface area contributed by atoms with Crippen LogP contribution < -0.4 is 10.2 Å². The van der Waals surface area contributed by atoms with E-state index in [0.29, 0.717) is 6.04 Å². The Balaban J connectivity index is 1.80. The van der Waals surface area contributed by atoms with E-state index in [1.54, 1.807) is 0 Å². The Bertz CT molecular complexity index is 877. The van der Waals surface area contributed by atoms with Crippen LogP contribution in [0, 0.1) is 13.8 Å². The molecule has 0 aliphatic carbocycles. The average molecular weight is 424 g/mol. The lowest BCUT2D eigenvalue weighted by molar-refractivity contribution is 0.319. The van der Waals surface area contributed by atoms with Crippen LogP contribution in [0.4, 0.5) is 11.4 Å². The van der Waals surface area contributed by atoms with Crippen molar-refractivity contribution in [2.45, 2.75) is 72.9 Å². The summed E-state index contributed by atoms with van der Waals surface area (Å²) in [6.45, 7) is 14.2. The first-order chi connectivity index (χ1) is 14.4. The second kappa shape index (κ2) is 10.3. The van der Waals surface area contributed by atoms with Crippen molar-refractivity contribution in [1.82, 2.24) is 4.90 Å². The second-order valence-electron chi connectivity index (χ2n) is 8.69. The van der Waals surface area contributed by atoms with Gasteiger partial charge in [-0.25, -0.2) is 0 Å². The van der Waals surface area contributed by atoms with E-state index in [1.165, 1.54) is 53.7 Å². The zero-order chi connectivity index (χ0) is 21.7. The molecule has 1 atom stereocenters. The number of hydrogen-bond donors (Lipinski definition) is 1. The third-order valence-electron chi connectivity index (χ3n) is 6.22. The van der Waals surface area contributed by atoms with Crippen LogP contribution in [0.2, 0.25) is 0 Å². The van der Waals surface area contributed by atoms with Crippen LogP contribution in [0.5, 0.6) is 0 Å². The molecule has 162 valence electrons. The van der Waals surface area contributed by atoms with Gasteiger partial charge in [-0.3, -0.25) is 0 Å². The van der Waals surface area contributed by atoms with E-state index in [2.05, 4.69) is 86.1 Å². The number of thiocarbonyl (C=S) groups is 1. The molecule has 0 bridgehead atoms. The summed E-state index contributed by atoms with van der Waals surface area (Å²) >= 11 is 5.88. The van der Waals surface area contributed by atoms with Crippen LogP contribution in [-0.4, -0.2) is 29.1 Å². The zero-order valence-corrected chi connectivity index (χ0v) is 20.1. The summed E-state index contributed by atoms with van der Waals surface area (Å²) in [7, 11) is 0. The van der Waals surface area contributed by atoms with Crippen LogP contribution in [-0.2, 0) is 13.0 Å². The van der Waals surface area contributed by atoms with Gasteiger partial charge in [-0.1, -0.05) is 38.1 Å². The Morgan fingerprint density at radius 3 is 2.70 bits per heavy atom. The third-order valence-corrected chi connectivity index (χ3v) is 6.56. The molecule has 1 aliphatic heterocycles. The van der Waals surface area contributed by atoms with Crippen molar-refractivity contribution in [3.05, 3.63) is 58.7 Å². The number of nitrogens with zero attached hydrogens (tertiary/aromatic N) is 2. The Morgan fingerprint density at radius 1 is 1.17 bits per heavy atom. The van der Waals surface area contributed by atoms with Crippen LogP contribution in [0.25, 0.3) is 0 Å². The molecule has 3 rings (SSSR count). The molecule has 1 aliphatic rings. The number of aryl methyl sites for hydroxylation is 3. The maximum absolute atomic E-state index is 5.88. The maximum Gasteiger partial charge on any atom is 0.173 e. The summed E-state index contributed by atoms with van der Waals surface area (Å²) in [4.78, 5) is 4.88. The minimum absolute atomic E-state index is 0.378. The zero-order valence-electron chi connectivity index (χ0n) is 19.3. The van der Waals surface area contributed by atoms with Crippen molar-refractivity contribution in [3.63, 3.8) is 0 Å². The molecule has 2 aromatic carbocycles. The van der Waals surface area contributed by atoms with Gasteiger partial charge in [-0.05, 0) is 93.1 Å². The van der Waals surface area contributed by atoms with E-state index in [1.807, 2.05) is 0 Å². The van der Waals surface area contributed by atoms with Crippen molar-refractivity contribution in [1.29, 1.82) is 0 Å². The van der Waals surface area contributed by atoms with Gasteiger partial charge in [0.05, 0.1) is 0 Å². The minimum atomic E-state index is 0.378. The molecule has 0 saturated carbocycles. The van der Waals surface area contributed by atoms with E-state index >= 15 is 0 Å². The van der Waals surface area contributed by atoms with E-state index in [0.717, 1.165) is 30.3 Å². The highest BCUT2D eigenvalue weighted by Crippen LogP contribution is 2.29. The first-order valence-electron chi connectivity index (χ1n) is 11.4. The molecule has 4 heteroatoms. The predicted molar refractivity (Wildman–Crippen MR) is 135 cm³/mol.